The first-order valence-corrected chi connectivity index (χ1v) is 9.05. The largest absolute Gasteiger partial charge is 0.497 e. The summed E-state index contributed by atoms with van der Waals surface area (Å²) in [6.07, 6.45) is 0. The van der Waals surface area contributed by atoms with Crippen LogP contribution in [0.25, 0.3) is 0 Å². The number of likely N-dealkylation sites (N-methyl/N-ethyl adjacent to an activating group) is 1. The van der Waals surface area contributed by atoms with Crippen molar-refractivity contribution in [3.8, 4) is 5.75 Å². The Morgan fingerprint density at radius 2 is 1.65 bits per heavy atom. The molecule has 1 aliphatic rings. The minimum absolute atomic E-state index is 0.206. The van der Waals surface area contributed by atoms with Crippen LogP contribution in [0.4, 0.5) is 5.69 Å². The Labute approximate surface area is 155 Å². The van der Waals surface area contributed by atoms with Crippen molar-refractivity contribution in [2.24, 2.45) is 0 Å². The zero-order valence-electron chi connectivity index (χ0n) is 15.6. The average Bonchev–Trinajstić information content (AvgIpc) is 2.69. The summed E-state index contributed by atoms with van der Waals surface area (Å²) in [5, 5.41) is 0. The third-order valence-electron chi connectivity index (χ3n) is 4.77. The summed E-state index contributed by atoms with van der Waals surface area (Å²) in [6.45, 7) is 4.50. The molecule has 5 nitrogen and oxygen atoms in total. The van der Waals surface area contributed by atoms with Gasteiger partial charge in [0.1, 0.15) is 5.75 Å². The highest BCUT2D eigenvalue weighted by molar-refractivity contribution is 5.78. The lowest BCUT2D eigenvalue weighted by atomic mass is 10.2. The molecule has 0 aliphatic carbocycles. The van der Waals surface area contributed by atoms with E-state index in [2.05, 4.69) is 34.1 Å². The van der Waals surface area contributed by atoms with E-state index >= 15 is 0 Å². The van der Waals surface area contributed by atoms with E-state index in [0.717, 1.165) is 38.5 Å². The molecule has 0 aromatic heterocycles. The van der Waals surface area contributed by atoms with E-state index in [1.807, 2.05) is 42.3 Å². The van der Waals surface area contributed by atoms with Crippen LogP contribution in [-0.2, 0) is 11.3 Å². The van der Waals surface area contributed by atoms with E-state index in [9.17, 15) is 4.79 Å². The second-order valence-corrected chi connectivity index (χ2v) is 6.72. The van der Waals surface area contributed by atoms with Crippen molar-refractivity contribution < 1.29 is 9.53 Å². The molecule has 0 saturated carbocycles. The standard InChI is InChI=1S/C21H27N3O2/c1-22(16-18-6-4-3-5-7-18)17-21(25)24-14-12-23(13-15-24)19-8-10-20(26-2)11-9-19/h3-11H,12-17H2,1-2H3. The fourth-order valence-electron chi connectivity index (χ4n) is 3.29. The van der Waals surface area contributed by atoms with Gasteiger partial charge in [-0.1, -0.05) is 30.3 Å². The first-order chi connectivity index (χ1) is 12.7. The topological polar surface area (TPSA) is 36.0 Å². The fourth-order valence-corrected chi connectivity index (χ4v) is 3.29. The number of rotatable bonds is 6. The van der Waals surface area contributed by atoms with E-state index in [0.29, 0.717) is 6.54 Å². The van der Waals surface area contributed by atoms with E-state index in [-0.39, 0.29) is 5.91 Å². The predicted molar refractivity (Wildman–Crippen MR) is 105 cm³/mol. The average molecular weight is 353 g/mol. The minimum Gasteiger partial charge on any atom is -0.497 e. The SMILES string of the molecule is COc1ccc(N2CCN(C(=O)CN(C)Cc3ccccc3)CC2)cc1. The lowest BCUT2D eigenvalue weighted by molar-refractivity contribution is -0.132. The van der Waals surface area contributed by atoms with Gasteiger partial charge in [-0.3, -0.25) is 9.69 Å². The number of nitrogens with zero attached hydrogens (tertiary/aromatic N) is 3. The van der Waals surface area contributed by atoms with Gasteiger partial charge in [-0.05, 0) is 36.9 Å². The highest BCUT2D eigenvalue weighted by Crippen LogP contribution is 2.20. The summed E-state index contributed by atoms with van der Waals surface area (Å²) < 4.78 is 5.21. The summed E-state index contributed by atoms with van der Waals surface area (Å²) in [5.74, 6) is 1.07. The minimum atomic E-state index is 0.206. The molecule has 1 aliphatic heterocycles. The first-order valence-electron chi connectivity index (χ1n) is 9.05. The molecule has 1 amide bonds. The Morgan fingerprint density at radius 1 is 1.00 bits per heavy atom. The zero-order chi connectivity index (χ0) is 18.4. The molecule has 5 heteroatoms. The van der Waals surface area contributed by atoms with Crippen LogP contribution in [0, 0.1) is 0 Å². The molecule has 138 valence electrons. The Kier molecular flexibility index (Phi) is 6.12. The number of ether oxygens (including phenoxy) is 1. The molecular weight excluding hydrogens is 326 g/mol. The summed E-state index contributed by atoms with van der Waals surface area (Å²) in [6, 6.07) is 18.4. The lowest BCUT2D eigenvalue weighted by Gasteiger charge is -2.36. The van der Waals surface area contributed by atoms with Crippen LogP contribution < -0.4 is 9.64 Å². The smallest absolute Gasteiger partial charge is 0.236 e. The van der Waals surface area contributed by atoms with Crippen LogP contribution in [0.2, 0.25) is 0 Å². The number of anilines is 1. The van der Waals surface area contributed by atoms with Gasteiger partial charge in [0.05, 0.1) is 13.7 Å². The molecule has 2 aromatic rings. The van der Waals surface area contributed by atoms with Crippen LogP contribution in [0.15, 0.2) is 54.6 Å². The number of hydrogen-bond acceptors (Lipinski definition) is 4. The number of carbonyl (C=O) groups is 1. The molecule has 26 heavy (non-hydrogen) atoms. The van der Waals surface area contributed by atoms with Crippen LogP contribution >= 0.6 is 0 Å². The van der Waals surface area contributed by atoms with Crippen molar-refractivity contribution in [2.75, 3.05) is 51.8 Å². The molecule has 3 rings (SSSR count). The number of piperazine rings is 1. The van der Waals surface area contributed by atoms with Crippen LogP contribution in [0.3, 0.4) is 0 Å². The van der Waals surface area contributed by atoms with Crippen LogP contribution in [-0.4, -0.2) is 62.6 Å². The van der Waals surface area contributed by atoms with Gasteiger partial charge in [0.2, 0.25) is 5.91 Å². The Bertz CT molecular complexity index is 695. The molecular formula is C21H27N3O2. The van der Waals surface area contributed by atoms with Gasteiger partial charge in [0, 0.05) is 38.4 Å². The Hall–Kier alpha value is -2.53. The molecule has 2 aromatic carbocycles. The van der Waals surface area contributed by atoms with E-state index in [1.165, 1.54) is 11.3 Å². The Balaban J connectivity index is 1.47. The van der Waals surface area contributed by atoms with Crippen LogP contribution in [0.5, 0.6) is 5.75 Å². The van der Waals surface area contributed by atoms with Gasteiger partial charge in [-0.25, -0.2) is 0 Å². The number of methoxy groups -OCH3 is 1. The lowest BCUT2D eigenvalue weighted by Crippen LogP contribution is -2.51. The fraction of sp³-hybridized carbons (Fsp3) is 0.381. The molecule has 0 radical (unpaired) electrons. The highest BCUT2D eigenvalue weighted by Gasteiger charge is 2.22. The molecule has 0 unspecified atom stereocenters. The molecule has 1 saturated heterocycles. The highest BCUT2D eigenvalue weighted by atomic mass is 16.5. The third kappa shape index (κ3) is 4.76. The molecule has 0 spiro atoms. The Morgan fingerprint density at radius 3 is 2.27 bits per heavy atom. The number of benzene rings is 2. The van der Waals surface area contributed by atoms with Crippen molar-refractivity contribution in [1.29, 1.82) is 0 Å². The normalized spacial score (nSPS) is 14.6. The monoisotopic (exact) mass is 353 g/mol. The summed E-state index contributed by atoms with van der Waals surface area (Å²) in [4.78, 5) is 18.9. The van der Waals surface area contributed by atoms with Gasteiger partial charge in [-0.2, -0.15) is 0 Å². The maximum atomic E-state index is 12.6. The van der Waals surface area contributed by atoms with E-state index in [1.54, 1.807) is 7.11 Å². The number of carbonyl (C=O) groups excluding carboxylic acids is 1. The van der Waals surface area contributed by atoms with Gasteiger partial charge in [0.15, 0.2) is 0 Å². The molecule has 1 heterocycles. The summed E-state index contributed by atoms with van der Waals surface area (Å²) >= 11 is 0. The van der Waals surface area contributed by atoms with E-state index < -0.39 is 0 Å². The van der Waals surface area contributed by atoms with Crippen molar-refractivity contribution in [3.63, 3.8) is 0 Å². The molecule has 0 atom stereocenters. The second kappa shape index (κ2) is 8.72. The van der Waals surface area contributed by atoms with Crippen molar-refractivity contribution >= 4 is 11.6 Å². The maximum Gasteiger partial charge on any atom is 0.236 e. The van der Waals surface area contributed by atoms with Gasteiger partial charge >= 0.3 is 0 Å². The zero-order valence-corrected chi connectivity index (χ0v) is 15.6. The maximum absolute atomic E-state index is 12.6. The van der Waals surface area contributed by atoms with Gasteiger partial charge in [0.25, 0.3) is 0 Å². The van der Waals surface area contributed by atoms with Crippen molar-refractivity contribution in [3.05, 3.63) is 60.2 Å². The quantitative estimate of drug-likeness (QED) is 0.799. The molecule has 0 N–H and O–H groups in total. The van der Waals surface area contributed by atoms with Gasteiger partial charge in [-0.15, -0.1) is 0 Å². The van der Waals surface area contributed by atoms with Crippen molar-refractivity contribution in [2.45, 2.75) is 6.54 Å². The summed E-state index contributed by atoms with van der Waals surface area (Å²) in [5.41, 5.74) is 2.41. The summed E-state index contributed by atoms with van der Waals surface area (Å²) in [7, 11) is 3.67. The number of hydrogen-bond donors (Lipinski definition) is 0. The predicted octanol–water partition coefficient (Wildman–Crippen LogP) is 2.48. The third-order valence-corrected chi connectivity index (χ3v) is 4.77. The van der Waals surface area contributed by atoms with Gasteiger partial charge < -0.3 is 14.5 Å². The number of amides is 1. The van der Waals surface area contributed by atoms with Crippen LogP contribution in [0.1, 0.15) is 5.56 Å². The second-order valence-electron chi connectivity index (χ2n) is 6.72. The first kappa shape index (κ1) is 18.3. The van der Waals surface area contributed by atoms with E-state index in [4.69, 9.17) is 4.74 Å². The molecule has 1 fully saturated rings. The van der Waals surface area contributed by atoms with Crippen molar-refractivity contribution in [1.82, 2.24) is 9.80 Å². The molecule has 0 bridgehead atoms.